The van der Waals surface area contributed by atoms with Crippen molar-refractivity contribution in [1.82, 2.24) is 0 Å². The third kappa shape index (κ3) is 3.26. The van der Waals surface area contributed by atoms with Crippen LogP contribution >= 0.6 is 0 Å². The monoisotopic (exact) mass is 253 g/mol. The fourth-order valence-corrected chi connectivity index (χ4v) is 1.79. The minimum atomic E-state index is 0.450. The number of ether oxygens (including phenoxy) is 2. The van der Waals surface area contributed by atoms with E-state index in [-0.39, 0.29) is 0 Å². The van der Waals surface area contributed by atoms with E-state index in [0.717, 1.165) is 16.9 Å². The third-order valence-corrected chi connectivity index (χ3v) is 2.78. The van der Waals surface area contributed by atoms with E-state index in [1.807, 2.05) is 43.3 Å². The molecule has 0 aliphatic heterocycles. The van der Waals surface area contributed by atoms with Gasteiger partial charge in [0.25, 0.3) is 0 Å². The zero-order valence-corrected chi connectivity index (χ0v) is 11.0. The third-order valence-electron chi connectivity index (χ3n) is 2.78. The van der Waals surface area contributed by atoms with E-state index in [2.05, 4.69) is 6.07 Å². The first-order valence-corrected chi connectivity index (χ1v) is 5.99. The molecular formula is C16H15NO2. The molecule has 0 aliphatic carbocycles. The van der Waals surface area contributed by atoms with Crippen molar-refractivity contribution in [3.63, 3.8) is 0 Å². The molecule has 0 radical (unpaired) electrons. The zero-order valence-electron chi connectivity index (χ0n) is 11.0. The predicted molar refractivity (Wildman–Crippen MR) is 73.2 cm³/mol. The molecule has 0 aromatic heterocycles. The van der Waals surface area contributed by atoms with Crippen LogP contribution in [0.25, 0.3) is 0 Å². The summed E-state index contributed by atoms with van der Waals surface area (Å²) < 4.78 is 10.9. The van der Waals surface area contributed by atoms with Crippen molar-refractivity contribution in [2.45, 2.75) is 13.5 Å². The molecule has 3 nitrogen and oxygen atoms in total. The van der Waals surface area contributed by atoms with Gasteiger partial charge in [-0.1, -0.05) is 18.2 Å². The highest BCUT2D eigenvalue weighted by atomic mass is 16.5. The molecule has 0 fully saturated rings. The van der Waals surface area contributed by atoms with E-state index >= 15 is 0 Å². The van der Waals surface area contributed by atoms with Gasteiger partial charge >= 0.3 is 0 Å². The van der Waals surface area contributed by atoms with Gasteiger partial charge in [-0.2, -0.15) is 5.26 Å². The largest absolute Gasteiger partial charge is 0.495 e. The van der Waals surface area contributed by atoms with Gasteiger partial charge in [0.05, 0.1) is 12.7 Å². The molecule has 19 heavy (non-hydrogen) atoms. The van der Waals surface area contributed by atoms with E-state index in [1.54, 1.807) is 13.2 Å². The van der Waals surface area contributed by atoms with E-state index < -0.39 is 0 Å². The molecule has 0 saturated carbocycles. The molecule has 0 spiro atoms. The Hall–Kier alpha value is -2.47. The summed E-state index contributed by atoms with van der Waals surface area (Å²) in [6, 6.07) is 15.4. The topological polar surface area (TPSA) is 42.2 Å². The van der Waals surface area contributed by atoms with E-state index in [4.69, 9.17) is 14.7 Å². The van der Waals surface area contributed by atoms with Gasteiger partial charge in [0, 0.05) is 0 Å². The maximum atomic E-state index is 8.92. The fourth-order valence-electron chi connectivity index (χ4n) is 1.79. The van der Waals surface area contributed by atoms with Crippen LogP contribution in [0.2, 0.25) is 0 Å². The maximum absolute atomic E-state index is 8.92. The van der Waals surface area contributed by atoms with Crippen molar-refractivity contribution >= 4 is 0 Å². The van der Waals surface area contributed by atoms with E-state index in [1.165, 1.54) is 0 Å². The second kappa shape index (κ2) is 5.92. The van der Waals surface area contributed by atoms with Crippen molar-refractivity contribution in [3.05, 3.63) is 59.2 Å². The van der Waals surface area contributed by atoms with Gasteiger partial charge in [-0.25, -0.2) is 0 Å². The van der Waals surface area contributed by atoms with Gasteiger partial charge in [-0.05, 0) is 42.3 Å². The van der Waals surface area contributed by atoms with E-state index in [0.29, 0.717) is 17.9 Å². The van der Waals surface area contributed by atoms with Crippen molar-refractivity contribution in [2.24, 2.45) is 0 Å². The molecule has 2 rings (SSSR count). The van der Waals surface area contributed by atoms with Crippen LogP contribution in [0.1, 0.15) is 16.7 Å². The Balaban J connectivity index is 2.10. The van der Waals surface area contributed by atoms with E-state index in [9.17, 15) is 0 Å². The van der Waals surface area contributed by atoms with Crippen molar-refractivity contribution in [1.29, 1.82) is 5.26 Å². The Morgan fingerprint density at radius 2 is 2.00 bits per heavy atom. The SMILES string of the molecule is COc1cc(COc2cccc(C)c2)ccc1C#N. The summed E-state index contributed by atoms with van der Waals surface area (Å²) in [5, 5.41) is 8.92. The van der Waals surface area contributed by atoms with Crippen molar-refractivity contribution in [3.8, 4) is 17.6 Å². The normalized spacial score (nSPS) is 9.74. The minimum Gasteiger partial charge on any atom is -0.495 e. The molecular weight excluding hydrogens is 238 g/mol. The van der Waals surface area contributed by atoms with Crippen LogP contribution in [0.4, 0.5) is 0 Å². The smallest absolute Gasteiger partial charge is 0.137 e. The lowest BCUT2D eigenvalue weighted by molar-refractivity contribution is 0.305. The van der Waals surface area contributed by atoms with Gasteiger partial charge in [-0.3, -0.25) is 0 Å². The Morgan fingerprint density at radius 3 is 2.68 bits per heavy atom. The minimum absolute atomic E-state index is 0.450. The van der Waals surface area contributed by atoms with Gasteiger partial charge in [0.15, 0.2) is 0 Å². The first-order chi connectivity index (χ1) is 9.22. The molecule has 3 heteroatoms. The second-order valence-corrected chi connectivity index (χ2v) is 4.25. The number of benzene rings is 2. The number of methoxy groups -OCH3 is 1. The standard InChI is InChI=1S/C16H15NO2/c1-12-4-3-5-15(8-12)19-11-13-6-7-14(10-17)16(9-13)18-2/h3-9H,11H2,1-2H3. The summed E-state index contributed by atoms with van der Waals surface area (Å²) in [5.74, 6) is 1.41. The van der Waals surface area contributed by atoms with Crippen LogP contribution in [0, 0.1) is 18.3 Å². The Morgan fingerprint density at radius 1 is 1.16 bits per heavy atom. The number of hydrogen-bond donors (Lipinski definition) is 0. The van der Waals surface area contributed by atoms with Crippen LogP contribution in [-0.2, 0) is 6.61 Å². The summed E-state index contributed by atoms with van der Waals surface area (Å²) in [7, 11) is 1.56. The molecule has 0 N–H and O–H groups in total. The summed E-state index contributed by atoms with van der Waals surface area (Å²) >= 11 is 0. The second-order valence-electron chi connectivity index (χ2n) is 4.25. The molecule has 96 valence electrons. The summed E-state index contributed by atoms with van der Waals surface area (Å²) in [5.41, 5.74) is 2.66. The quantitative estimate of drug-likeness (QED) is 0.838. The predicted octanol–water partition coefficient (Wildman–Crippen LogP) is 3.45. The highest BCUT2D eigenvalue weighted by Gasteiger charge is 2.04. The van der Waals surface area contributed by atoms with Gasteiger partial charge in [0.2, 0.25) is 0 Å². The zero-order chi connectivity index (χ0) is 13.7. The lowest BCUT2D eigenvalue weighted by Crippen LogP contribution is -1.97. The summed E-state index contributed by atoms with van der Waals surface area (Å²) in [4.78, 5) is 0. The number of hydrogen-bond acceptors (Lipinski definition) is 3. The van der Waals surface area contributed by atoms with Crippen LogP contribution < -0.4 is 9.47 Å². The maximum Gasteiger partial charge on any atom is 0.137 e. The lowest BCUT2D eigenvalue weighted by atomic mass is 10.1. The average Bonchev–Trinajstić information content (AvgIpc) is 2.45. The Bertz CT molecular complexity index is 614. The lowest BCUT2D eigenvalue weighted by Gasteiger charge is -2.09. The highest BCUT2D eigenvalue weighted by molar-refractivity contribution is 5.45. The van der Waals surface area contributed by atoms with Crippen LogP contribution in [0.3, 0.4) is 0 Å². The number of aryl methyl sites for hydroxylation is 1. The number of nitriles is 1. The number of nitrogens with zero attached hydrogens (tertiary/aromatic N) is 1. The van der Waals surface area contributed by atoms with Crippen LogP contribution in [-0.4, -0.2) is 7.11 Å². The van der Waals surface area contributed by atoms with Crippen molar-refractivity contribution in [2.75, 3.05) is 7.11 Å². The molecule has 0 atom stereocenters. The molecule has 0 saturated heterocycles. The number of rotatable bonds is 4. The Kier molecular flexibility index (Phi) is 4.04. The molecule has 2 aromatic rings. The highest BCUT2D eigenvalue weighted by Crippen LogP contribution is 2.21. The van der Waals surface area contributed by atoms with Crippen molar-refractivity contribution < 1.29 is 9.47 Å². The summed E-state index contributed by atoms with van der Waals surface area (Å²) in [6.45, 7) is 2.48. The Labute approximate surface area is 113 Å². The molecule has 0 bridgehead atoms. The molecule has 0 amide bonds. The van der Waals surface area contributed by atoms with Crippen LogP contribution in [0.15, 0.2) is 42.5 Å². The van der Waals surface area contributed by atoms with Gasteiger partial charge in [-0.15, -0.1) is 0 Å². The summed E-state index contributed by atoms with van der Waals surface area (Å²) in [6.07, 6.45) is 0. The average molecular weight is 253 g/mol. The first kappa shape index (κ1) is 13.0. The molecule has 0 heterocycles. The van der Waals surface area contributed by atoms with Crippen LogP contribution in [0.5, 0.6) is 11.5 Å². The fraction of sp³-hybridized carbons (Fsp3) is 0.188. The molecule has 0 aliphatic rings. The van der Waals surface area contributed by atoms with Gasteiger partial charge < -0.3 is 9.47 Å². The molecule has 0 unspecified atom stereocenters. The molecule has 2 aromatic carbocycles. The first-order valence-electron chi connectivity index (χ1n) is 5.99. The van der Waals surface area contributed by atoms with Gasteiger partial charge in [0.1, 0.15) is 24.2 Å².